The summed E-state index contributed by atoms with van der Waals surface area (Å²) < 4.78 is 0. The molecular weight excluding hydrogens is 148 g/mol. The Bertz CT molecular complexity index is 235. The van der Waals surface area contributed by atoms with E-state index in [9.17, 15) is 4.79 Å². The molecule has 0 fully saturated rings. The van der Waals surface area contributed by atoms with E-state index in [-0.39, 0.29) is 18.4 Å². The molecule has 0 saturated carbocycles. The number of carbonyl (C=O) groups excluding carboxylic acids is 1. The Morgan fingerprint density at radius 1 is 1.82 bits per heavy atom. The van der Waals surface area contributed by atoms with Gasteiger partial charge >= 0.3 is 0 Å². The molecule has 1 unspecified atom stereocenters. The maximum atomic E-state index is 10.9. The van der Waals surface area contributed by atoms with Crippen molar-refractivity contribution in [2.24, 2.45) is 16.6 Å². The fraction of sp³-hybridized carbons (Fsp3) is 0.400. The minimum atomic E-state index is -0.802. The number of nitrogens with one attached hydrogen (secondary N) is 2. The van der Waals surface area contributed by atoms with Crippen LogP contribution >= 0.6 is 0 Å². The summed E-state index contributed by atoms with van der Waals surface area (Å²) in [5.41, 5.74) is 5.26. The van der Waals surface area contributed by atoms with E-state index >= 15 is 0 Å². The van der Waals surface area contributed by atoms with E-state index in [2.05, 4.69) is 10.3 Å². The van der Waals surface area contributed by atoms with E-state index in [4.69, 9.17) is 16.2 Å². The highest BCUT2D eigenvalue weighted by Gasteiger charge is 2.26. The third-order valence-electron chi connectivity index (χ3n) is 1.34. The number of hydrogen-bond donors (Lipinski definition) is 4. The highest BCUT2D eigenvalue weighted by atomic mass is 16.3. The summed E-state index contributed by atoms with van der Waals surface area (Å²) in [5.74, 6) is -1.58. The molecule has 1 atom stereocenters. The fourth-order valence-corrected chi connectivity index (χ4v) is 0.750. The van der Waals surface area contributed by atoms with Crippen LogP contribution in [0.1, 0.15) is 0 Å². The van der Waals surface area contributed by atoms with Gasteiger partial charge in [-0.2, -0.15) is 4.99 Å². The number of aliphatic hydroxyl groups is 1. The Hall–Kier alpha value is -1.43. The van der Waals surface area contributed by atoms with E-state index in [0.29, 0.717) is 0 Å². The quantitative estimate of drug-likeness (QED) is 0.353. The number of hydrogen-bond acceptors (Lipinski definition) is 4. The van der Waals surface area contributed by atoms with Crippen LogP contribution in [0.3, 0.4) is 0 Å². The molecule has 11 heavy (non-hydrogen) atoms. The smallest absolute Gasteiger partial charge is 0.239 e. The molecule has 0 aliphatic carbocycles. The molecule has 60 valence electrons. The zero-order valence-electron chi connectivity index (χ0n) is 5.66. The molecule has 0 spiro atoms. The molecule has 0 aromatic heterocycles. The Morgan fingerprint density at radius 2 is 2.45 bits per heavy atom. The largest absolute Gasteiger partial charge is 0.395 e. The van der Waals surface area contributed by atoms with Crippen LogP contribution in [0.25, 0.3) is 0 Å². The van der Waals surface area contributed by atoms with Crippen molar-refractivity contribution in [1.82, 2.24) is 5.32 Å². The zero-order chi connectivity index (χ0) is 8.43. The van der Waals surface area contributed by atoms with Crippen LogP contribution < -0.4 is 11.1 Å². The summed E-state index contributed by atoms with van der Waals surface area (Å²) in [4.78, 5) is 14.3. The van der Waals surface area contributed by atoms with Crippen LogP contribution in [0.5, 0.6) is 0 Å². The minimum absolute atomic E-state index is 0.0127. The first kappa shape index (κ1) is 7.67. The number of carbonyl (C=O) groups is 1. The minimum Gasteiger partial charge on any atom is -0.395 e. The number of aliphatic hydroxyl groups excluding tert-OH is 1. The van der Waals surface area contributed by atoms with Crippen molar-refractivity contribution in [2.75, 3.05) is 6.61 Å². The topological polar surface area (TPSA) is 112 Å². The first-order valence-corrected chi connectivity index (χ1v) is 2.99. The molecule has 0 aromatic rings. The van der Waals surface area contributed by atoms with Gasteiger partial charge in [-0.25, -0.2) is 0 Å². The van der Waals surface area contributed by atoms with Gasteiger partial charge < -0.3 is 10.8 Å². The van der Waals surface area contributed by atoms with E-state index in [1.807, 2.05) is 0 Å². The summed E-state index contributed by atoms with van der Waals surface area (Å²) in [7, 11) is 0. The number of amidine groups is 1. The van der Waals surface area contributed by atoms with Crippen molar-refractivity contribution in [3.63, 3.8) is 0 Å². The van der Waals surface area contributed by atoms with E-state index in [1.54, 1.807) is 0 Å². The maximum absolute atomic E-state index is 10.9. The molecule has 1 aliphatic heterocycles. The lowest BCUT2D eigenvalue weighted by Gasteiger charge is -2.17. The third kappa shape index (κ3) is 1.35. The van der Waals surface area contributed by atoms with E-state index in [0.717, 1.165) is 0 Å². The van der Waals surface area contributed by atoms with Gasteiger partial charge in [-0.1, -0.05) is 0 Å². The first-order valence-electron chi connectivity index (χ1n) is 2.99. The average molecular weight is 156 g/mol. The molecule has 5 N–H and O–H groups in total. The van der Waals surface area contributed by atoms with Gasteiger partial charge in [0.15, 0.2) is 0 Å². The summed E-state index contributed by atoms with van der Waals surface area (Å²) >= 11 is 0. The lowest BCUT2D eigenvalue weighted by atomic mass is 10.1. The van der Waals surface area contributed by atoms with E-state index < -0.39 is 11.8 Å². The zero-order valence-corrected chi connectivity index (χ0v) is 5.66. The van der Waals surface area contributed by atoms with Crippen LogP contribution in [0.15, 0.2) is 4.99 Å². The Morgan fingerprint density at radius 3 is 2.91 bits per heavy atom. The molecule has 0 bridgehead atoms. The second kappa shape index (κ2) is 2.67. The molecule has 1 amide bonds. The lowest BCUT2D eigenvalue weighted by molar-refractivity contribution is -0.122. The second-order valence-electron chi connectivity index (χ2n) is 2.11. The van der Waals surface area contributed by atoms with Crippen molar-refractivity contribution < 1.29 is 9.90 Å². The van der Waals surface area contributed by atoms with Gasteiger partial charge in [-0.15, -0.1) is 0 Å². The van der Waals surface area contributed by atoms with Gasteiger partial charge in [0.1, 0.15) is 11.8 Å². The van der Waals surface area contributed by atoms with Crippen LogP contribution in [0.2, 0.25) is 0 Å². The molecule has 0 radical (unpaired) electrons. The molecule has 1 heterocycles. The van der Waals surface area contributed by atoms with Crippen molar-refractivity contribution in [1.29, 1.82) is 5.41 Å². The summed E-state index contributed by atoms with van der Waals surface area (Å²) in [5, 5.41) is 17.7. The van der Waals surface area contributed by atoms with Crippen molar-refractivity contribution >= 4 is 17.7 Å². The first-order chi connectivity index (χ1) is 5.15. The lowest BCUT2D eigenvalue weighted by Crippen LogP contribution is -2.47. The van der Waals surface area contributed by atoms with Crippen LogP contribution in [0.4, 0.5) is 0 Å². The maximum Gasteiger partial charge on any atom is 0.239 e. The molecule has 1 aliphatic rings. The number of rotatable bonds is 1. The van der Waals surface area contributed by atoms with Crippen molar-refractivity contribution in [3.05, 3.63) is 0 Å². The van der Waals surface area contributed by atoms with Gasteiger partial charge in [0.25, 0.3) is 0 Å². The third-order valence-corrected chi connectivity index (χ3v) is 1.34. The van der Waals surface area contributed by atoms with Crippen LogP contribution in [-0.2, 0) is 4.79 Å². The molecule has 1 rings (SSSR count). The predicted molar refractivity (Wildman–Crippen MR) is 38.1 cm³/mol. The van der Waals surface area contributed by atoms with Crippen LogP contribution in [0, 0.1) is 11.3 Å². The van der Waals surface area contributed by atoms with Gasteiger partial charge in [0.2, 0.25) is 11.9 Å². The van der Waals surface area contributed by atoms with Crippen LogP contribution in [-0.4, -0.2) is 29.4 Å². The Labute approximate surface area is 62.6 Å². The summed E-state index contributed by atoms with van der Waals surface area (Å²) in [6, 6.07) is 0. The summed E-state index contributed by atoms with van der Waals surface area (Å²) in [6.07, 6.45) is 0. The molecule has 0 aromatic carbocycles. The number of aliphatic imine (C=N–C) groups is 1. The standard InChI is InChI=1S/C5H8N4O2/c6-3-2(1-10)4(11)9-5(7)8-3/h2,10H,1H2,(H4,6,7,8,9,11). The second-order valence-corrected chi connectivity index (χ2v) is 2.11. The molecular formula is C5H8N4O2. The van der Waals surface area contributed by atoms with Gasteiger partial charge in [0.05, 0.1) is 6.61 Å². The highest BCUT2D eigenvalue weighted by Crippen LogP contribution is 2.00. The Balaban J connectivity index is 2.88. The molecule has 6 nitrogen and oxygen atoms in total. The normalized spacial score (nSPS) is 24.5. The number of guanidine groups is 1. The molecule has 0 saturated heterocycles. The fourth-order valence-electron chi connectivity index (χ4n) is 0.750. The number of nitrogens with zero attached hydrogens (tertiary/aromatic N) is 1. The van der Waals surface area contributed by atoms with Gasteiger partial charge in [0, 0.05) is 0 Å². The predicted octanol–water partition coefficient (Wildman–Crippen LogP) is -1.98. The highest BCUT2D eigenvalue weighted by molar-refractivity contribution is 6.15. The van der Waals surface area contributed by atoms with Gasteiger partial charge in [-0.05, 0) is 0 Å². The molecule has 6 heteroatoms. The SMILES string of the molecule is N=C1N=C(N)C(CO)C(=O)N1. The monoisotopic (exact) mass is 156 g/mol. The van der Waals surface area contributed by atoms with Crippen molar-refractivity contribution in [3.8, 4) is 0 Å². The number of amides is 1. The Kier molecular flexibility index (Phi) is 1.86. The number of nitrogens with two attached hydrogens (primary N) is 1. The average Bonchev–Trinajstić information content (AvgIpc) is 1.85. The van der Waals surface area contributed by atoms with E-state index in [1.165, 1.54) is 0 Å². The summed E-state index contributed by atoms with van der Waals surface area (Å²) in [6.45, 7) is -0.381. The van der Waals surface area contributed by atoms with Gasteiger partial charge in [-0.3, -0.25) is 15.5 Å². The van der Waals surface area contributed by atoms with Crippen molar-refractivity contribution in [2.45, 2.75) is 0 Å².